The second-order valence-electron chi connectivity index (χ2n) is 3.39. The number of alkyl halides is 1. The molecule has 0 radical (unpaired) electrons. The lowest BCUT2D eigenvalue weighted by Gasteiger charge is -2.13. The SMILES string of the molecule is CC(C)C(Cl)C[SiH](C)C. The third kappa shape index (κ3) is 4.98. The molecule has 1 unspecified atom stereocenters. The molecular formula is C7H17ClSi. The van der Waals surface area contributed by atoms with Gasteiger partial charge in [-0.1, -0.05) is 26.9 Å². The highest BCUT2D eigenvalue weighted by atomic mass is 35.5. The molecule has 0 spiro atoms. The first kappa shape index (κ1) is 9.51. The monoisotopic (exact) mass is 164 g/mol. The Hall–Kier alpha value is 0.507. The zero-order valence-electron chi connectivity index (χ0n) is 6.82. The van der Waals surface area contributed by atoms with Gasteiger partial charge in [0.15, 0.2) is 0 Å². The Bertz CT molecular complexity index is 71.3. The van der Waals surface area contributed by atoms with Crippen LogP contribution in [0.5, 0.6) is 0 Å². The van der Waals surface area contributed by atoms with Gasteiger partial charge in [-0.3, -0.25) is 0 Å². The first-order valence-electron chi connectivity index (χ1n) is 3.68. The lowest BCUT2D eigenvalue weighted by atomic mass is 10.1. The van der Waals surface area contributed by atoms with E-state index in [1.165, 1.54) is 6.04 Å². The smallest absolute Gasteiger partial charge is 0.0333 e. The fraction of sp³-hybridized carbons (Fsp3) is 1.00. The molecule has 0 aliphatic carbocycles. The standard InChI is InChI=1S/C7H17ClSi/c1-6(2)7(8)5-9(3)4/h6-7,9H,5H2,1-4H3. The van der Waals surface area contributed by atoms with Crippen molar-refractivity contribution in [2.24, 2.45) is 5.92 Å². The first-order valence-corrected chi connectivity index (χ1v) is 7.24. The maximum absolute atomic E-state index is 6.05. The van der Waals surface area contributed by atoms with Crippen LogP contribution in [0.25, 0.3) is 0 Å². The molecule has 0 aromatic rings. The number of halogens is 1. The summed E-state index contributed by atoms with van der Waals surface area (Å²) in [6.45, 7) is 9.07. The number of rotatable bonds is 3. The van der Waals surface area contributed by atoms with Crippen LogP contribution in [0.3, 0.4) is 0 Å². The highest BCUT2D eigenvalue weighted by Crippen LogP contribution is 2.15. The molecule has 0 bridgehead atoms. The molecule has 0 aliphatic rings. The Balaban J connectivity index is 3.38. The molecule has 2 heteroatoms. The Morgan fingerprint density at radius 1 is 1.33 bits per heavy atom. The van der Waals surface area contributed by atoms with E-state index in [4.69, 9.17) is 11.6 Å². The van der Waals surface area contributed by atoms with Crippen molar-refractivity contribution in [2.45, 2.75) is 38.4 Å². The average molecular weight is 165 g/mol. The summed E-state index contributed by atoms with van der Waals surface area (Å²) in [4.78, 5) is 0. The highest BCUT2D eigenvalue weighted by molar-refractivity contribution is 6.57. The number of hydrogen-bond acceptors (Lipinski definition) is 0. The predicted molar refractivity (Wildman–Crippen MR) is 48.2 cm³/mol. The van der Waals surface area contributed by atoms with Crippen molar-refractivity contribution in [1.82, 2.24) is 0 Å². The molecule has 0 aromatic carbocycles. The van der Waals surface area contributed by atoms with Crippen molar-refractivity contribution in [3.8, 4) is 0 Å². The van der Waals surface area contributed by atoms with Crippen LogP contribution in [0.4, 0.5) is 0 Å². The molecule has 56 valence electrons. The van der Waals surface area contributed by atoms with Crippen LogP contribution in [0.15, 0.2) is 0 Å². The molecule has 0 rings (SSSR count). The summed E-state index contributed by atoms with van der Waals surface area (Å²) in [7, 11) is -0.416. The topological polar surface area (TPSA) is 0 Å². The van der Waals surface area contributed by atoms with E-state index in [2.05, 4.69) is 26.9 Å². The summed E-state index contributed by atoms with van der Waals surface area (Å²) in [5, 5.41) is 0.427. The van der Waals surface area contributed by atoms with E-state index >= 15 is 0 Å². The fourth-order valence-corrected chi connectivity index (χ4v) is 3.24. The molecule has 0 aromatic heterocycles. The summed E-state index contributed by atoms with van der Waals surface area (Å²) in [5.41, 5.74) is 0. The molecule has 0 saturated heterocycles. The largest absolute Gasteiger partial charge is 0.123 e. The Morgan fingerprint density at radius 3 is 1.89 bits per heavy atom. The van der Waals surface area contributed by atoms with E-state index in [9.17, 15) is 0 Å². The van der Waals surface area contributed by atoms with E-state index in [0.717, 1.165) is 0 Å². The van der Waals surface area contributed by atoms with Gasteiger partial charge in [-0.2, -0.15) is 0 Å². The molecule has 0 nitrogen and oxygen atoms in total. The van der Waals surface area contributed by atoms with Gasteiger partial charge < -0.3 is 0 Å². The molecule has 0 heterocycles. The van der Waals surface area contributed by atoms with Gasteiger partial charge in [0.05, 0.1) is 0 Å². The molecule has 1 atom stereocenters. The van der Waals surface area contributed by atoms with Gasteiger partial charge >= 0.3 is 0 Å². The first-order chi connectivity index (χ1) is 4.04. The van der Waals surface area contributed by atoms with Crippen molar-refractivity contribution in [3.63, 3.8) is 0 Å². The summed E-state index contributed by atoms with van der Waals surface area (Å²) in [5.74, 6) is 0.654. The summed E-state index contributed by atoms with van der Waals surface area (Å²) in [6, 6.07) is 1.28. The van der Waals surface area contributed by atoms with Crippen molar-refractivity contribution in [1.29, 1.82) is 0 Å². The Labute approximate surface area is 65.2 Å². The van der Waals surface area contributed by atoms with E-state index in [-0.39, 0.29) is 0 Å². The van der Waals surface area contributed by atoms with Crippen LogP contribution >= 0.6 is 11.6 Å². The molecule has 0 N–H and O–H groups in total. The van der Waals surface area contributed by atoms with Crippen molar-refractivity contribution >= 4 is 20.4 Å². The normalized spacial score (nSPS) is 15.0. The highest BCUT2D eigenvalue weighted by Gasteiger charge is 2.10. The lowest BCUT2D eigenvalue weighted by molar-refractivity contribution is 0.631. The fourth-order valence-electron chi connectivity index (χ4n) is 0.723. The third-order valence-corrected chi connectivity index (χ3v) is 3.85. The third-order valence-electron chi connectivity index (χ3n) is 1.42. The minimum Gasteiger partial charge on any atom is -0.123 e. The van der Waals surface area contributed by atoms with Crippen LogP contribution in [-0.4, -0.2) is 14.2 Å². The minimum absolute atomic E-state index is 0.416. The molecule has 9 heavy (non-hydrogen) atoms. The van der Waals surface area contributed by atoms with Gasteiger partial charge in [-0.05, 0) is 12.0 Å². The molecule has 0 amide bonds. The van der Waals surface area contributed by atoms with Crippen molar-refractivity contribution in [3.05, 3.63) is 0 Å². The van der Waals surface area contributed by atoms with Crippen molar-refractivity contribution < 1.29 is 0 Å². The second-order valence-corrected chi connectivity index (χ2v) is 7.21. The molecule has 0 saturated carbocycles. The van der Waals surface area contributed by atoms with Crippen LogP contribution < -0.4 is 0 Å². The quantitative estimate of drug-likeness (QED) is 0.445. The summed E-state index contributed by atoms with van der Waals surface area (Å²) < 4.78 is 0. The number of hydrogen-bond donors (Lipinski definition) is 0. The average Bonchev–Trinajstić information content (AvgIpc) is 1.63. The minimum atomic E-state index is -0.416. The zero-order chi connectivity index (χ0) is 7.44. The summed E-state index contributed by atoms with van der Waals surface area (Å²) >= 11 is 6.05. The molecule has 0 aliphatic heterocycles. The molecule has 0 fully saturated rings. The van der Waals surface area contributed by atoms with Gasteiger partial charge in [0.1, 0.15) is 0 Å². The zero-order valence-corrected chi connectivity index (χ0v) is 8.73. The van der Waals surface area contributed by atoms with E-state index in [0.29, 0.717) is 11.3 Å². The predicted octanol–water partition coefficient (Wildman–Crippen LogP) is 2.74. The second kappa shape index (κ2) is 4.34. The van der Waals surface area contributed by atoms with Gasteiger partial charge in [0.25, 0.3) is 0 Å². The Morgan fingerprint density at radius 2 is 1.78 bits per heavy atom. The van der Waals surface area contributed by atoms with Crippen molar-refractivity contribution in [2.75, 3.05) is 0 Å². The Kier molecular flexibility index (Phi) is 4.59. The van der Waals surface area contributed by atoms with Gasteiger partial charge in [-0.25, -0.2) is 0 Å². The van der Waals surface area contributed by atoms with Gasteiger partial charge in [-0.15, -0.1) is 11.6 Å². The lowest BCUT2D eigenvalue weighted by Crippen LogP contribution is -2.14. The molecular weight excluding hydrogens is 148 g/mol. The van der Waals surface area contributed by atoms with E-state index in [1.54, 1.807) is 0 Å². The van der Waals surface area contributed by atoms with Gasteiger partial charge in [0.2, 0.25) is 0 Å². The van der Waals surface area contributed by atoms with E-state index in [1.807, 2.05) is 0 Å². The van der Waals surface area contributed by atoms with E-state index < -0.39 is 8.80 Å². The summed E-state index contributed by atoms with van der Waals surface area (Å²) in [6.07, 6.45) is 0. The van der Waals surface area contributed by atoms with Gasteiger partial charge in [0, 0.05) is 14.2 Å². The maximum Gasteiger partial charge on any atom is 0.0333 e. The van der Waals surface area contributed by atoms with Crippen LogP contribution in [0, 0.1) is 5.92 Å². The van der Waals surface area contributed by atoms with Crippen LogP contribution in [0.1, 0.15) is 13.8 Å². The van der Waals surface area contributed by atoms with Crippen LogP contribution in [0.2, 0.25) is 19.1 Å². The maximum atomic E-state index is 6.05. The van der Waals surface area contributed by atoms with Crippen LogP contribution in [-0.2, 0) is 0 Å².